The minimum Gasteiger partial charge on any atom is -0.422 e. The maximum atomic E-state index is 12.8. The van der Waals surface area contributed by atoms with Crippen LogP contribution in [0, 0.1) is 6.92 Å². The fourth-order valence-corrected chi connectivity index (χ4v) is 3.89. The van der Waals surface area contributed by atoms with Gasteiger partial charge in [-0.15, -0.1) is 0 Å². The van der Waals surface area contributed by atoms with Crippen LogP contribution in [0.25, 0.3) is 10.8 Å². The molecule has 0 atom stereocenters. The summed E-state index contributed by atoms with van der Waals surface area (Å²) in [4.78, 5) is 37.3. The number of esters is 1. The summed E-state index contributed by atoms with van der Waals surface area (Å²) < 4.78 is 5.61. The summed E-state index contributed by atoms with van der Waals surface area (Å²) in [6.45, 7) is 1.81. The molecule has 4 aromatic rings. The number of benzene rings is 4. The number of hydrazone groups is 1. The van der Waals surface area contributed by atoms with E-state index in [1.54, 1.807) is 24.3 Å². The summed E-state index contributed by atoms with van der Waals surface area (Å²) in [5, 5.41) is 8.57. The number of hydrogen-bond donors (Lipinski definition) is 2. The Morgan fingerprint density at radius 2 is 1.64 bits per heavy atom. The van der Waals surface area contributed by atoms with Gasteiger partial charge in [0.2, 0.25) is 0 Å². The van der Waals surface area contributed by atoms with Gasteiger partial charge in [-0.25, -0.2) is 10.2 Å². The molecule has 0 aliphatic rings. The number of rotatable bonds is 5. The Balaban J connectivity index is 1.56. The quantitative estimate of drug-likeness (QED) is 0.115. The number of nitrogens with zero attached hydrogens (tertiary/aromatic N) is 1. The molecule has 7 nitrogen and oxygen atoms in total. The number of carbonyl (C=O) groups excluding carboxylic acids is 3. The van der Waals surface area contributed by atoms with Crippen molar-refractivity contribution in [2.24, 2.45) is 5.10 Å². The second-order valence-corrected chi connectivity index (χ2v) is 8.52. The third kappa shape index (κ3) is 5.71. The summed E-state index contributed by atoms with van der Waals surface area (Å²) in [5.41, 5.74) is 4.09. The third-order valence-electron chi connectivity index (χ3n) is 5.24. The molecule has 2 amide bonds. The average Bonchev–Trinajstić information content (AvgIpc) is 2.86. The highest BCUT2D eigenvalue weighted by Gasteiger charge is 2.17. The molecule has 0 aliphatic heterocycles. The van der Waals surface area contributed by atoms with Gasteiger partial charge < -0.3 is 10.1 Å². The summed E-state index contributed by atoms with van der Waals surface area (Å²) in [5.74, 6) is -2.33. The van der Waals surface area contributed by atoms with Crippen molar-refractivity contribution in [1.82, 2.24) is 5.43 Å². The van der Waals surface area contributed by atoms with E-state index >= 15 is 0 Å². The van der Waals surface area contributed by atoms with Crippen molar-refractivity contribution >= 4 is 63.7 Å². The Labute approximate surface area is 216 Å². The zero-order valence-electron chi connectivity index (χ0n) is 18.9. The SMILES string of the molecule is Cc1ccccc1NC(=O)C(=O)NN=Cc1c(OC(=O)c2ccc(Cl)cc2Cl)ccc2ccccc12. The van der Waals surface area contributed by atoms with E-state index in [4.69, 9.17) is 27.9 Å². The van der Waals surface area contributed by atoms with Gasteiger partial charge in [0.25, 0.3) is 0 Å². The first kappa shape index (κ1) is 24.9. The Morgan fingerprint density at radius 1 is 0.889 bits per heavy atom. The van der Waals surface area contributed by atoms with Crippen molar-refractivity contribution in [3.63, 3.8) is 0 Å². The van der Waals surface area contributed by atoms with E-state index in [-0.39, 0.29) is 16.3 Å². The second-order valence-electron chi connectivity index (χ2n) is 7.68. The zero-order valence-corrected chi connectivity index (χ0v) is 20.4. The van der Waals surface area contributed by atoms with E-state index < -0.39 is 17.8 Å². The number of carbonyl (C=O) groups is 3. The van der Waals surface area contributed by atoms with Crippen molar-refractivity contribution in [3.8, 4) is 5.75 Å². The molecular weight excluding hydrogens is 501 g/mol. The van der Waals surface area contributed by atoms with Crippen LogP contribution in [0.4, 0.5) is 5.69 Å². The molecule has 4 rings (SSSR count). The third-order valence-corrected chi connectivity index (χ3v) is 5.79. The fourth-order valence-electron chi connectivity index (χ4n) is 3.41. The molecule has 0 bridgehead atoms. The highest BCUT2D eigenvalue weighted by Crippen LogP contribution is 2.29. The smallest absolute Gasteiger partial charge is 0.345 e. The molecule has 9 heteroatoms. The number of hydrogen-bond acceptors (Lipinski definition) is 5. The minimum atomic E-state index is -0.957. The van der Waals surface area contributed by atoms with Gasteiger partial charge in [-0.3, -0.25) is 9.59 Å². The molecule has 36 heavy (non-hydrogen) atoms. The van der Waals surface area contributed by atoms with Gasteiger partial charge in [0.05, 0.1) is 16.8 Å². The summed E-state index contributed by atoms with van der Waals surface area (Å²) in [7, 11) is 0. The van der Waals surface area contributed by atoms with Gasteiger partial charge in [0.1, 0.15) is 5.75 Å². The number of ether oxygens (including phenoxy) is 1. The molecule has 0 heterocycles. The van der Waals surface area contributed by atoms with Crippen LogP contribution < -0.4 is 15.5 Å². The second kappa shape index (κ2) is 11.0. The Kier molecular flexibility index (Phi) is 7.63. The highest BCUT2D eigenvalue weighted by atomic mass is 35.5. The van der Waals surface area contributed by atoms with Crippen LogP contribution in [0.2, 0.25) is 10.0 Å². The highest BCUT2D eigenvalue weighted by molar-refractivity contribution is 6.39. The first-order valence-corrected chi connectivity index (χ1v) is 11.5. The van der Waals surface area contributed by atoms with Crippen molar-refractivity contribution in [2.45, 2.75) is 6.92 Å². The van der Waals surface area contributed by atoms with E-state index in [1.165, 1.54) is 24.4 Å². The van der Waals surface area contributed by atoms with Crippen molar-refractivity contribution < 1.29 is 19.1 Å². The fraction of sp³-hybridized carbons (Fsp3) is 0.0370. The number of fused-ring (bicyclic) bond motifs is 1. The van der Waals surface area contributed by atoms with Crippen molar-refractivity contribution in [1.29, 1.82) is 0 Å². The largest absolute Gasteiger partial charge is 0.422 e. The molecule has 2 N–H and O–H groups in total. The molecule has 0 aliphatic carbocycles. The molecule has 0 fully saturated rings. The van der Waals surface area contributed by atoms with Gasteiger partial charge in [0.15, 0.2) is 0 Å². The lowest BCUT2D eigenvalue weighted by Gasteiger charge is -2.11. The number of halogens is 2. The van der Waals surface area contributed by atoms with Crippen LogP contribution >= 0.6 is 23.2 Å². The standard InChI is InChI=1S/C27H19Cl2N3O4/c1-16-6-2-5-9-23(16)31-25(33)26(34)32-30-15-21-19-8-4-3-7-17(19)10-13-24(21)36-27(35)20-12-11-18(28)14-22(20)29/h2-15H,1H3,(H,31,33)(H,32,34). The first-order chi connectivity index (χ1) is 17.3. The molecule has 180 valence electrons. The van der Waals surface area contributed by atoms with Gasteiger partial charge >= 0.3 is 17.8 Å². The maximum Gasteiger partial charge on any atom is 0.345 e. The number of nitrogens with one attached hydrogen (secondary N) is 2. The molecule has 0 radical (unpaired) electrons. The Hall–Kier alpha value is -4.20. The van der Waals surface area contributed by atoms with E-state index in [0.717, 1.165) is 10.9 Å². The van der Waals surface area contributed by atoms with Crippen LogP contribution in [0.15, 0.2) is 84.0 Å². The molecule has 0 unspecified atom stereocenters. The van der Waals surface area contributed by atoms with Crippen LogP contribution in [0.5, 0.6) is 5.75 Å². The molecule has 0 spiro atoms. The number of aryl methyl sites for hydroxylation is 1. The van der Waals surface area contributed by atoms with Crippen LogP contribution in [-0.4, -0.2) is 24.0 Å². The van der Waals surface area contributed by atoms with Gasteiger partial charge in [-0.2, -0.15) is 5.10 Å². The predicted molar refractivity (Wildman–Crippen MR) is 141 cm³/mol. The summed E-state index contributed by atoms with van der Waals surface area (Å²) in [6, 6.07) is 22.3. The van der Waals surface area contributed by atoms with Gasteiger partial charge in [-0.05, 0) is 53.6 Å². The van der Waals surface area contributed by atoms with Crippen LogP contribution in [0.3, 0.4) is 0 Å². The minimum absolute atomic E-state index is 0.137. The summed E-state index contributed by atoms with van der Waals surface area (Å²) in [6.07, 6.45) is 1.31. The molecule has 0 aromatic heterocycles. The molecular formula is C27H19Cl2N3O4. The van der Waals surface area contributed by atoms with Crippen LogP contribution in [0.1, 0.15) is 21.5 Å². The van der Waals surface area contributed by atoms with E-state index in [2.05, 4.69) is 15.8 Å². The zero-order chi connectivity index (χ0) is 25.7. The lowest BCUT2D eigenvalue weighted by atomic mass is 10.0. The molecule has 4 aromatic carbocycles. The van der Waals surface area contributed by atoms with Crippen LogP contribution in [-0.2, 0) is 9.59 Å². The maximum absolute atomic E-state index is 12.8. The topological polar surface area (TPSA) is 96.9 Å². The van der Waals surface area contributed by atoms with E-state index in [0.29, 0.717) is 21.7 Å². The monoisotopic (exact) mass is 519 g/mol. The summed E-state index contributed by atoms with van der Waals surface area (Å²) >= 11 is 12.1. The van der Waals surface area contributed by atoms with Crippen molar-refractivity contribution in [2.75, 3.05) is 5.32 Å². The first-order valence-electron chi connectivity index (χ1n) is 10.7. The van der Waals surface area contributed by atoms with Gasteiger partial charge in [0, 0.05) is 16.3 Å². The van der Waals surface area contributed by atoms with E-state index in [9.17, 15) is 14.4 Å². The predicted octanol–water partition coefficient (Wildman–Crippen LogP) is 5.76. The van der Waals surface area contributed by atoms with Gasteiger partial charge in [-0.1, -0.05) is 71.7 Å². The molecule has 0 saturated carbocycles. The van der Waals surface area contributed by atoms with Crippen molar-refractivity contribution in [3.05, 3.63) is 106 Å². The number of para-hydroxylation sites is 1. The van der Waals surface area contributed by atoms with E-state index in [1.807, 2.05) is 43.3 Å². The Bertz CT molecular complexity index is 1520. The normalized spacial score (nSPS) is 10.9. The molecule has 0 saturated heterocycles. The lowest BCUT2D eigenvalue weighted by molar-refractivity contribution is -0.136. The number of amides is 2. The number of anilines is 1. The Morgan fingerprint density at radius 3 is 2.42 bits per heavy atom. The lowest BCUT2D eigenvalue weighted by Crippen LogP contribution is -2.32. The average molecular weight is 520 g/mol.